The lowest BCUT2D eigenvalue weighted by molar-refractivity contribution is 0.104. The number of nitrogens with two attached hydrogens (primary N) is 1. The Morgan fingerprint density at radius 2 is 1.81 bits per heavy atom. The third kappa shape index (κ3) is 3.89. The van der Waals surface area contributed by atoms with Gasteiger partial charge in [0.05, 0.1) is 11.3 Å². The van der Waals surface area contributed by atoms with E-state index in [1.807, 2.05) is 30.3 Å². The fourth-order valence-corrected chi connectivity index (χ4v) is 5.20. The topological polar surface area (TPSA) is 85.8 Å². The lowest BCUT2D eigenvalue weighted by Crippen LogP contribution is -2.06. The van der Waals surface area contributed by atoms with E-state index in [1.54, 1.807) is 24.3 Å². The van der Waals surface area contributed by atoms with E-state index in [0.29, 0.717) is 27.0 Å². The van der Waals surface area contributed by atoms with E-state index in [-0.39, 0.29) is 5.78 Å². The molecule has 0 unspecified atom stereocenters. The quantitative estimate of drug-likeness (QED) is 0.357. The molecule has 1 aliphatic rings. The molecule has 1 aliphatic heterocycles. The van der Waals surface area contributed by atoms with Gasteiger partial charge >= 0.3 is 0 Å². The van der Waals surface area contributed by atoms with Crippen LogP contribution in [0, 0.1) is 0 Å². The number of nitrogens with one attached hydrogen (secondary N) is 1. The number of carbonyl (C=O) groups excluding carboxylic acids is 1. The summed E-state index contributed by atoms with van der Waals surface area (Å²) in [6.07, 6.45) is 4.24. The molecular formula is C24H22ClN5OS. The molecule has 162 valence electrons. The number of rotatable bonds is 5. The zero-order chi connectivity index (χ0) is 22.1. The Labute approximate surface area is 195 Å². The minimum Gasteiger partial charge on any atom is -0.397 e. The number of benzene rings is 2. The number of halogens is 1. The molecule has 0 radical (unpaired) electrons. The summed E-state index contributed by atoms with van der Waals surface area (Å²) >= 11 is 7.34. The highest BCUT2D eigenvalue weighted by atomic mass is 35.5. The number of fused-ring (bicyclic) bond motifs is 1. The van der Waals surface area contributed by atoms with Crippen molar-refractivity contribution in [3.05, 3.63) is 75.9 Å². The van der Waals surface area contributed by atoms with Crippen LogP contribution in [0.2, 0.25) is 5.02 Å². The molecule has 0 saturated heterocycles. The number of nitrogens with zero attached hydrogens (tertiary/aromatic N) is 3. The van der Waals surface area contributed by atoms with Gasteiger partial charge in [0.25, 0.3) is 0 Å². The first-order chi connectivity index (χ1) is 15.6. The van der Waals surface area contributed by atoms with Crippen LogP contribution in [0.4, 0.5) is 16.4 Å². The van der Waals surface area contributed by atoms with Gasteiger partial charge in [-0.1, -0.05) is 36.2 Å². The smallest absolute Gasteiger partial charge is 0.205 e. The maximum Gasteiger partial charge on any atom is 0.205 e. The Bertz CT molecular complexity index is 1260. The van der Waals surface area contributed by atoms with Crippen molar-refractivity contribution in [1.29, 1.82) is 0 Å². The molecule has 8 heteroatoms. The number of hydrogen-bond acceptors (Lipinski definition) is 6. The third-order valence-electron chi connectivity index (χ3n) is 5.62. The number of para-hydroxylation sites is 1. The molecule has 3 N–H and O–H groups in total. The molecule has 4 aromatic rings. The Hall–Kier alpha value is -3.16. The molecular weight excluding hydrogens is 442 g/mol. The Kier molecular flexibility index (Phi) is 5.68. The van der Waals surface area contributed by atoms with Gasteiger partial charge in [-0.25, -0.2) is 0 Å². The molecule has 0 fully saturated rings. The largest absolute Gasteiger partial charge is 0.397 e. The summed E-state index contributed by atoms with van der Waals surface area (Å²) in [4.78, 5) is 13.8. The first-order valence-electron chi connectivity index (χ1n) is 10.6. The fraction of sp³-hybridized carbons (Fsp3) is 0.208. The average Bonchev–Trinajstić information content (AvgIpc) is 3.24. The molecule has 5 rings (SSSR count). The number of thiophene rings is 1. The number of anilines is 3. The Morgan fingerprint density at radius 1 is 1.03 bits per heavy atom. The number of aryl methyl sites for hydroxylation is 1. The molecule has 2 aromatic heterocycles. The van der Waals surface area contributed by atoms with E-state index < -0.39 is 0 Å². The van der Waals surface area contributed by atoms with Crippen LogP contribution in [0.5, 0.6) is 0 Å². The summed E-state index contributed by atoms with van der Waals surface area (Å²) in [6.45, 7) is 0.845. The molecule has 0 bridgehead atoms. The van der Waals surface area contributed by atoms with Crippen LogP contribution < -0.4 is 11.1 Å². The summed E-state index contributed by atoms with van der Waals surface area (Å²) in [5, 5.41) is 13.7. The highest BCUT2D eigenvalue weighted by Gasteiger charge is 2.27. The first kappa shape index (κ1) is 20.7. The molecule has 32 heavy (non-hydrogen) atoms. The lowest BCUT2D eigenvalue weighted by Gasteiger charge is -2.10. The predicted octanol–water partition coefficient (Wildman–Crippen LogP) is 5.94. The number of hydrogen-bond donors (Lipinski definition) is 2. The van der Waals surface area contributed by atoms with Gasteiger partial charge in [0, 0.05) is 29.2 Å². The van der Waals surface area contributed by atoms with Crippen LogP contribution in [0.3, 0.4) is 0 Å². The second kappa shape index (κ2) is 8.76. The number of aromatic nitrogens is 3. The third-order valence-corrected chi connectivity index (χ3v) is 6.99. The van der Waals surface area contributed by atoms with Crippen molar-refractivity contribution >= 4 is 45.1 Å². The highest BCUT2D eigenvalue weighted by Crippen LogP contribution is 2.45. The minimum absolute atomic E-state index is 0.137. The van der Waals surface area contributed by atoms with Crippen molar-refractivity contribution in [2.24, 2.45) is 0 Å². The minimum atomic E-state index is -0.137. The predicted molar refractivity (Wildman–Crippen MR) is 130 cm³/mol. The van der Waals surface area contributed by atoms with Crippen LogP contribution >= 0.6 is 22.9 Å². The maximum absolute atomic E-state index is 13.3. The second-order valence-corrected chi connectivity index (χ2v) is 9.24. The van der Waals surface area contributed by atoms with Crippen molar-refractivity contribution in [3.8, 4) is 11.4 Å². The van der Waals surface area contributed by atoms with Gasteiger partial charge in [-0.05, 0) is 49.2 Å². The zero-order valence-corrected chi connectivity index (χ0v) is 18.9. The standard InChI is InChI=1S/C24H22ClN5OS/c25-16-12-10-15(11-13-16)21(31)22-20(26)19(24(32-22)27-17-7-3-1-4-8-17)23-29-28-18-9-5-2-6-14-30(18)23/h1,3-4,7-8,10-13,27H,2,5-6,9,14,26H2. The van der Waals surface area contributed by atoms with Crippen LogP contribution in [-0.2, 0) is 13.0 Å². The molecule has 0 aliphatic carbocycles. The van der Waals surface area contributed by atoms with Crippen molar-refractivity contribution in [3.63, 3.8) is 0 Å². The second-order valence-electron chi connectivity index (χ2n) is 7.78. The summed E-state index contributed by atoms with van der Waals surface area (Å²) in [6, 6.07) is 16.7. The van der Waals surface area contributed by atoms with E-state index in [2.05, 4.69) is 20.1 Å². The molecule has 2 aromatic carbocycles. The van der Waals surface area contributed by atoms with Crippen molar-refractivity contribution < 1.29 is 4.79 Å². The molecule has 6 nitrogen and oxygen atoms in total. The van der Waals surface area contributed by atoms with Crippen molar-refractivity contribution in [1.82, 2.24) is 14.8 Å². The number of carbonyl (C=O) groups is 1. The van der Waals surface area contributed by atoms with E-state index in [9.17, 15) is 4.79 Å². The first-order valence-corrected chi connectivity index (χ1v) is 11.8. The van der Waals surface area contributed by atoms with E-state index in [0.717, 1.165) is 54.3 Å². The van der Waals surface area contributed by atoms with Gasteiger partial charge < -0.3 is 15.6 Å². The van der Waals surface area contributed by atoms with E-state index in [1.165, 1.54) is 11.3 Å². The van der Waals surface area contributed by atoms with Crippen LogP contribution in [0.25, 0.3) is 11.4 Å². The van der Waals surface area contributed by atoms with Gasteiger partial charge in [-0.2, -0.15) is 0 Å². The van der Waals surface area contributed by atoms with Crippen LogP contribution in [0.15, 0.2) is 54.6 Å². The summed E-state index contributed by atoms with van der Waals surface area (Å²) in [5.41, 5.74) is 9.24. The van der Waals surface area contributed by atoms with Crippen molar-refractivity contribution in [2.75, 3.05) is 11.1 Å². The number of ketones is 1. The molecule has 0 saturated carbocycles. The van der Waals surface area contributed by atoms with E-state index >= 15 is 0 Å². The molecule has 0 atom stereocenters. The summed E-state index contributed by atoms with van der Waals surface area (Å²) in [5.74, 6) is 1.55. The van der Waals surface area contributed by atoms with Gasteiger partial charge in [0.2, 0.25) is 5.78 Å². The normalized spacial score (nSPS) is 13.4. The van der Waals surface area contributed by atoms with E-state index in [4.69, 9.17) is 17.3 Å². The van der Waals surface area contributed by atoms with Gasteiger partial charge in [-0.3, -0.25) is 4.79 Å². The fourth-order valence-electron chi connectivity index (χ4n) is 3.98. The highest BCUT2D eigenvalue weighted by molar-refractivity contribution is 7.19. The molecule has 0 amide bonds. The lowest BCUT2D eigenvalue weighted by atomic mass is 10.1. The molecule has 0 spiro atoms. The van der Waals surface area contributed by atoms with Gasteiger partial charge in [0.15, 0.2) is 5.82 Å². The monoisotopic (exact) mass is 463 g/mol. The van der Waals surface area contributed by atoms with Gasteiger partial charge in [-0.15, -0.1) is 21.5 Å². The maximum atomic E-state index is 13.3. The summed E-state index contributed by atoms with van der Waals surface area (Å²) < 4.78 is 2.15. The average molecular weight is 464 g/mol. The van der Waals surface area contributed by atoms with Crippen LogP contribution in [0.1, 0.15) is 40.3 Å². The SMILES string of the molecule is Nc1c(C(=O)c2ccc(Cl)cc2)sc(Nc2ccccc2)c1-c1nnc2n1CCCCC2. The Morgan fingerprint density at radius 3 is 2.59 bits per heavy atom. The van der Waals surface area contributed by atoms with Gasteiger partial charge in [0.1, 0.15) is 15.7 Å². The zero-order valence-electron chi connectivity index (χ0n) is 17.3. The Balaban J connectivity index is 1.64. The van der Waals surface area contributed by atoms with Crippen LogP contribution in [-0.4, -0.2) is 20.5 Å². The number of nitrogen functional groups attached to an aromatic ring is 1. The molecule has 3 heterocycles. The summed E-state index contributed by atoms with van der Waals surface area (Å²) in [7, 11) is 0. The van der Waals surface area contributed by atoms with Crippen molar-refractivity contribution in [2.45, 2.75) is 32.2 Å².